The van der Waals surface area contributed by atoms with E-state index in [1.807, 2.05) is 13.8 Å². The standard InChI is InChI=1S/C24H38O4/c1-14(25)28-16-10-11-23(4)15(12-16)6-7-17-18-8-9-20(22(2,3)27)24(18,5)13-19(26)21(17)23/h15-18,20-21,27H,6-13H2,1-5H3/t15-,16-,17-,18-,20+,21+,23-,24-/m0/s1. The average Bonchev–Trinajstić information content (AvgIpc) is 2.91. The largest absolute Gasteiger partial charge is 0.463 e. The van der Waals surface area contributed by atoms with E-state index in [1.54, 1.807) is 0 Å². The smallest absolute Gasteiger partial charge is 0.302 e. The summed E-state index contributed by atoms with van der Waals surface area (Å²) in [5.74, 6) is 2.11. The third-order valence-electron chi connectivity index (χ3n) is 9.49. The highest BCUT2D eigenvalue weighted by Gasteiger charge is 2.64. The lowest BCUT2D eigenvalue weighted by atomic mass is 9.44. The molecule has 4 aliphatic carbocycles. The summed E-state index contributed by atoms with van der Waals surface area (Å²) in [4.78, 5) is 25.0. The molecule has 28 heavy (non-hydrogen) atoms. The van der Waals surface area contributed by atoms with Crippen LogP contribution in [0.5, 0.6) is 0 Å². The minimum atomic E-state index is -0.722. The summed E-state index contributed by atoms with van der Waals surface area (Å²) in [5, 5.41) is 10.8. The van der Waals surface area contributed by atoms with Crippen molar-refractivity contribution >= 4 is 11.8 Å². The molecule has 0 aromatic carbocycles. The van der Waals surface area contributed by atoms with E-state index in [0.29, 0.717) is 30.0 Å². The fourth-order valence-electron chi connectivity index (χ4n) is 8.54. The van der Waals surface area contributed by atoms with Crippen LogP contribution in [0.25, 0.3) is 0 Å². The van der Waals surface area contributed by atoms with Crippen molar-refractivity contribution in [2.75, 3.05) is 0 Å². The number of ether oxygens (including phenoxy) is 1. The molecule has 4 aliphatic rings. The lowest BCUT2D eigenvalue weighted by molar-refractivity contribution is -0.172. The van der Waals surface area contributed by atoms with Gasteiger partial charge in [-0.3, -0.25) is 9.59 Å². The zero-order valence-corrected chi connectivity index (χ0v) is 18.3. The zero-order chi connectivity index (χ0) is 20.5. The van der Waals surface area contributed by atoms with Crippen LogP contribution in [-0.2, 0) is 14.3 Å². The fraction of sp³-hybridized carbons (Fsp3) is 0.917. The van der Waals surface area contributed by atoms with Gasteiger partial charge in [0.25, 0.3) is 0 Å². The molecule has 0 radical (unpaired) electrons. The summed E-state index contributed by atoms with van der Waals surface area (Å²) in [6.45, 7) is 9.98. The Kier molecular flexibility index (Phi) is 4.77. The molecule has 0 aromatic rings. The third kappa shape index (κ3) is 2.97. The molecule has 0 aromatic heterocycles. The highest BCUT2D eigenvalue weighted by Crippen LogP contribution is 2.67. The Morgan fingerprint density at radius 2 is 1.82 bits per heavy atom. The number of ketones is 1. The van der Waals surface area contributed by atoms with Crippen LogP contribution in [0.2, 0.25) is 0 Å². The Morgan fingerprint density at radius 1 is 1.11 bits per heavy atom. The van der Waals surface area contributed by atoms with Gasteiger partial charge >= 0.3 is 5.97 Å². The van der Waals surface area contributed by atoms with Crippen molar-refractivity contribution in [1.82, 2.24) is 0 Å². The van der Waals surface area contributed by atoms with Gasteiger partial charge in [0.2, 0.25) is 0 Å². The summed E-state index contributed by atoms with van der Waals surface area (Å²) < 4.78 is 5.53. The number of carbonyl (C=O) groups excluding carboxylic acids is 2. The normalized spacial score (nSPS) is 48.4. The van der Waals surface area contributed by atoms with E-state index in [-0.39, 0.29) is 34.7 Å². The number of carbonyl (C=O) groups is 2. The highest BCUT2D eigenvalue weighted by molar-refractivity contribution is 5.84. The molecule has 0 bridgehead atoms. The Labute approximate surface area is 169 Å². The number of esters is 1. The fourth-order valence-corrected chi connectivity index (χ4v) is 8.54. The van der Waals surface area contributed by atoms with Gasteiger partial charge in [-0.05, 0) is 93.3 Å². The number of hydrogen-bond donors (Lipinski definition) is 1. The first kappa shape index (κ1) is 20.4. The maximum absolute atomic E-state index is 13.6. The molecular formula is C24H38O4. The molecule has 8 atom stereocenters. The van der Waals surface area contributed by atoms with Crippen molar-refractivity contribution in [2.45, 2.75) is 97.7 Å². The van der Waals surface area contributed by atoms with E-state index in [0.717, 1.165) is 44.9 Å². The molecule has 0 heterocycles. The van der Waals surface area contributed by atoms with Crippen LogP contribution in [0.1, 0.15) is 86.0 Å². The van der Waals surface area contributed by atoms with E-state index in [9.17, 15) is 14.7 Å². The van der Waals surface area contributed by atoms with E-state index in [1.165, 1.54) is 6.92 Å². The number of fused-ring (bicyclic) bond motifs is 5. The van der Waals surface area contributed by atoms with E-state index in [2.05, 4.69) is 13.8 Å². The molecule has 0 amide bonds. The molecule has 0 aliphatic heterocycles. The van der Waals surface area contributed by atoms with Gasteiger partial charge in [-0.1, -0.05) is 13.8 Å². The van der Waals surface area contributed by atoms with Crippen molar-refractivity contribution in [2.24, 2.45) is 40.4 Å². The first-order valence-electron chi connectivity index (χ1n) is 11.4. The van der Waals surface area contributed by atoms with E-state index in [4.69, 9.17) is 4.74 Å². The van der Waals surface area contributed by atoms with Gasteiger partial charge in [-0.15, -0.1) is 0 Å². The Hall–Kier alpha value is -0.900. The van der Waals surface area contributed by atoms with E-state index < -0.39 is 5.60 Å². The second-order valence-electron chi connectivity index (χ2n) is 11.5. The lowest BCUT2D eigenvalue weighted by Gasteiger charge is -2.60. The van der Waals surface area contributed by atoms with Gasteiger partial charge < -0.3 is 9.84 Å². The summed E-state index contributed by atoms with van der Waals surface area (Å²) in [7, 11) is 0. The number of Topliss-reactive ketones (excluding diaryl/α,β-unsaturated/α-hetero) is 1. The predicted octanol–water partition coefficient (Wildman–Crippen LogP) is 4.53. The predicted molar refractivity (Wildman–Crippen MR) is 107 cm³/mol. The molecule has 4 rings (SSSR count). The number of aliphatic hydroxyl groups is 1. The molecule has 4 nitrogen and oxygen atoms in total. The second-order valence-corrected chi connectivity index (χ2v) is 11.5. The van der Waals surface area contributed by atoms with Crippen molar-refractivity contribution in [3.05, 3.63) is 0 Å². The quantitative estimate of drug-likeness (QED) is 0.704. The van der Waals surface area contributed by atoms with Crippen LogP contribution < -0.4 is 0 Å². The summed E-state index contributed by atoms with van der Waals surface area (Å²) in [5.41, 5.74) is -0.737. The van der Waals surface area contributed by atoms with Crippen LogP contribution >= 0.6 is 0 Å². The van der Waals surface area contributed by atoms with Crippen molar-refractivity contribution < 1.29 is 19.4 Å². The monoisotopic (exact) mass is 390 g/mol. The topological polar surface area (TPSA) is 63.6 Å². The van der Waals surface area contributed by atoms with Gasteiger partial charge in [-0.25, -0.2) is 0 Å². The van der Waals surface area contributed by atoms with Crippen LogP contribution in [0.4, 0.5) is 0 Å². The number of rotatable bonds is 2. The number of hydrogen-bond acceptors (Lipinski definition) is 4. The van der Waals surface area contributed by atoms with Crippen molar-refractivity contribution in [1.29, 1.82) is 0 Å². The van der Waals surface area contributed by atoms with Crippen LogP contribution in [0.3, 0.4) is 0 Å². The molecule has 158 valence electrons. The van der Waals surface area contributed by atoms with Gasteiger partial charge in [-0.2, -0.15) is 0 Å². The van der Waals surface area contributed by atoms with Gasteiger partial charge in [0.1, 0.15) is 11.9 Å². The highest BCUT2D eigenvalue weighted by atomic mass is 16.5. The maximum Gasteiger partial charge on any atom is 0.302 e. The first-order chi connectivity index (χ1) is 13.0. The van der Waals surface area contributed by atoms with Crippen molar-refractivity contribution in [3.8, 4) is 0 Å². The minimum Gasteiger partial charge on any atom is -0.463 e. The van der Waals surface area contributed by atoms with Crippen LogP contribution in [0, 0.1) is 40.4 Å². The minimum absolute atomic E-state index is 0.0298. The summed E-state index contributed by atoms with van der Waals surface area (Å²) in [6.07, 6.45) is 7.89. The zero-order valence-electron chi connectivity index (χ0n) is 18.3. The molecule has 0 saturated heterocycles. The second kappa shape index (κ2) is 6.55. The van der Waals surface area contributed by atoms with Gasteiger partial charge in [0.05, 0.1) is 5.60 Å². The summed E-state index contributed by atoms with van der Waals surface area (Å²) in [6, 6.07) is 0. The summed E-state index contributed by atoms with van der Waals surface area (Å²) >= 11 is 0. The van der Waals surface area contributed by atoms with Crippen LogP contribution in [0.15, 0.2) is 0 Å². The average molecular weight is 391 g/mol. The van der Waals surface area contributed by atoms with Crippen molar-refractivity contribution in [3.63, 3.8) is 0 Å². The maximum atomic E-state index is 13.6. The Bertz CT molecular complexity index is 664. The lowest BCUT2D eigenvalue weighted by Crippen LogP contribution is -2.58. The molecular weight excluding hydrogens is 352 g/mol. The molecule has 0 spiro atoms. The third-order valence-corrected chi connectivity index (χ3v) is 9.49. The van der Waals surface area contributed by atoms with Gasteiger partial charge in [0.15, 0.2) is 0 Å². The van der Waals surface area contributed by atoms with Crippen LogP contribution in [-0.4, -0.2) is 28.6 Å². The van der Waals surface area contributed by atoms with E-state index >= 15 is 0 Å². The molecule has 4 fully saturated rings. The molecule has 4 heteroatoms. The molecule has 4 saturated carbocycles. The Morgan fingerprint density at radius 3 is 2.46 bits per heavy atom. The molecule has 0 unspecified atom stereocenters. The molecule has 1 N–H and O–H groups in total. The first-order valence-corrected chi connectivity index (χ1v) is 11.4. The SMILES string of the molecule is CC(=O)O[C@H]1CC[C@@]2(C)[C@@H](CC[C@H]3[C@@H]4CC[C@H](C(C)(C)O)[C@@]4(C)CC(=O)[C@@H]32)C1. The van der Waals surface area contributed by atoms with Gasteiger partial charge in [0, 0.05) is 19.3 Å². The Balaban J connectivity index is 1.60.